The van der Waals surface area contributed by atoms with Gasteiger partial charge in [0.15, 0.2) is 0 Å². The molecule has 0 spiro atoms. The molecule has 0 fully saturated rings. The Hall–Kier alpha value is -0.790. The summed E-state index contributed by atoms with van der Waals surface area (Å²) in [6.45, 7) is 8.36. The van der Waals surface area contributed by atoms with Crippen LogP contribution in [0.15, 0.2) is 12.2 Å². The van der Waals surface area contributed by atoms with Gasteiger partial charge in [0.25, 0.3) is 0 Å². The number of hydrogen-bond donors (Lipinski definition) is 1. The number of carboxylic acids is 1. The number of allylic oxidation sites excluding steroid dienone is 2. The van der Waals surface area contributed by atoms with E-state index in [0.29, 0.717) is 0 Å². The zero-order valence-corrected chi connectivity index (χ0v) is 10.9. The summed E-state index contributed by atoms with van der Waals surface area (Å²) in [4.78, 5) is 11.6. The van der Waals surface area contributed by atoms with Gasteiger partial charge in [0.1, 0.15) is 0 Å². The SMILES string of the molecule is CC(C)(C)C1CC=CCCCC1(C)C(=O)O. The predicted octanol–water partition coefficient (Wildman–Crippen LogP) is 3.87. The van der Waals surface area contributed by atoms with E-state index in [0.717, 1.165) is 25.7 Å². The van der Waals surface area contributed by atoms with Crippen LogP contribution in [0.2, 0.25) is 0 Å². The summed E-state index contributed by atoms with van der Waals surface area (Å²) >= 11 is 0. The highest BCUT2D eigenvalue weighted by atomic mass is 16.4. The minimum atomic E-state index is -0.636. The molecule has 92 valence electrons. The van der Waals surface area contributed by atoms with E-state index in [-0.39, 0.29) is 11.3 Å². The van der Waals surface area contributed by atoms with Crippen LogP contribution in [0.5, 0.6) is 0 Å². The average Bonchev–Trinajstić information content (AvgIpc) is 2.09. The number of hydrogen-bond acceptors (Lipinski definition) is 1. The van der Waals surface area contributed by atoms with Gasteiger partial charge in [-0.25, -0.2) is 0 Å². The van der Waals surface area contributed by atoms with Crippen molar-refractivity contribution < 1.29 is 9.90 Å². The first-order valence-electron chi connectivity index (χ1n) is 6.17. The molecule has 2 heteroatoms. The first-order chi connectivity index (χ1) is 7.28. The normalized spacial score (nSPS) is 31.9. The van der Waals surface area contributed by atoms with Crippen LogP contribution >= 0.6 is 0 Å². The summed E-state index contributed by atoms with van der Waals surface area (Å²) in [5.41, 5.74) is -0.544. The van der Waals surface area contributed by atoms with Crippen molar-refractivity contribution in [1.29, 1.82) is 0 Å². The lowest BCUT2D eigenvalue weighted by molar-refractivity contribution is -0.155. The van der Waals surface area contributed by atoms with Crippen molar-refractivity contribution in [2.24, 2.45) is 16.7 Å². The summed E-state index contributed by atoms with van der Waals surface area (Å²) in [5, 5.41) is 9.52. The quantitative estimate of drug-likeness (QED) is 0.686. The molecular weight excluding hydrogens is 200 g/mol. The van der Waals surface area contributed by atoms with Gasteiger partial charge >= 0.3 is 5.97 Å². The van der Waals surface area contributed by atoms with E-state index < -0.39 is 11.4 Å². The maximum absolute atomic E-state index is 11.6. The summed E-state index contributed by atoms with van der Waals surface area (Å²) in [6, 6.07) is 0. The molecule has 0 aromatic carbocycles. The van der Waals surface area contributed by atoms with Crippen molar-refractivity contribution in [2.45, 2.75) is 53.4 Å². The molecule has 0 bridgehead atoms. The van der Waals surface area contributed by atoms with Crippen molar-refractivity contribution in [3.05, 3.63) is 12.2 Å². The topological polar surface area (TPSA) is 37.3 Å². The molecule has 16 heavy (non-hydrogen) atoms. The molecule has 2 atom stereocenters. The monoisotopic (exact) mass is 224 g/mol. The smallest absolute Gasteiger partial charge is 0.309 e. The molecule has 0 aliphatic heterocycles. The Morgan fingerprint density at radius 1 is 1.38 bits per heavy atom. The Morgan fingerprint density at radius 2 is 2.00 bits per heavy atom. The third-order valence-corrected chi connectivity index (χ3v) is 3.91. The van der Waals surface area contributed by atoms with Crippen LogP contribution in [0.25, 0.3) is 0 Å². The fraction of sp³-hybridized carbons (Fsp3) is 0.786. The average molecular weight is 224 g/mol. The number of carboxylic acid groups (broad SMARTS) is 1. The van der Waals surface area contributed by atoms with Crippen LogP contribution in [0.3, 0.4) is 0 Å². The lowest BCUT2D eigenvalue weighted by Gasteiger charge is -2.42. The zero-order chi connectivity index (χ0) is 12.4. The molecule has 0 aromatic rings. The summed E-state index contributed by atoms with van der Waals surface area (Å²) in [7, 11) is 0. The third-order valence-electron chi connectivity index (χ3n) is 3.91. The van der Waals surface area contributed by atoms with E-state index in [1.807, 2.05) is 6.92 Å². The van der Waals surface area contributed by atoms with Gasteiger partial charge in [-0.3, -0.25) is 4.79 Å². The number of carbonyl (C=O) groups is 1. The second-order valence-electron chi connectivity index (χ2n) is 6.24. The van der Waals surface area contributed by atoms with Gasteiger partial charge in [-0.2, -0.15) is 0 Å². The van der Waals surface area contributed by atoms with Crippen LogP contribution in [0.1, 0.15) is 53.4 Å². The van der Waals surface area contributed by atoms with Crippen molar-refractivity contribution in [3.63, 3.8) is 0 Å². The highest BCUT2D eigenvalue weighted by Crippen LogP contribution is 2.46. The maximum atomic E-state index is 11.6. The van der Waals surface area contributed by atoms with Gasteiger partial charge in [0.05, 0.1) is 5.41 Å². The molecule has 2 nitrogen and oxygen atoms in total. The molecule has 0 radical (unpaired) electrons. The van der Waals surface area contributed by atoms with Crippen molar-refractivity contribution in [1.82, 2.24) is 0 Å². The Morgan fingerprint density at radius 3 is 2.50 bits per heavy atom. The molecule has 1 N–H and O–H groups in total. The van der Waals surface area contributed by atoms with Gasteiger partial charge in [-0.05, 0) is 43.9 Å². The van der Waals surface area contributed by atoms with Gasteiger partial charge in [0.2, 0.25) is 0 Å². The Kier molecular flexibility index (Phi) is 3.82. The van der Waals surface area contributed by atoms with Crippen LogP contribution in [-0.4, -0.2) is 11.1 Å². The fourth-order valence-corrected chi connectivity index (χ4v) is 2.94. The first-order valence-corrected chi connectivity index (χ1v) is 6.17. The van der Waals surface area contributed by atoms with Crippen LogP contribution in [-0.2, 0) is 4.79 Å². The molecule has 0 amide bonds. The van der Waals surface area contributed by atoms with Crippen molar-refractivity contribution >= 4 is 5.97 Å². The Balaban J connectivity index is 3.07. The lowest BCUT2D eigenvalue weighted by Crippen LogP contribution is -2.42. The highest BCUT2D eigenvalue weighted by Gasteiger charge is 2.45. The Labute approximate surface area is 98.7 Å². The highest BCUT2D eigenvalue weighted by molar-refractivity contribution is 5.74. The van der Waals surface area contributed by atoms with E-state index in [1.54, 1.807) is 0 Å². The lowest BCUT2D eigenvalue weighted by atomic mass is 9.61. The largest absolute Gasteiger partial charge is 0.481 e. The molecule has 0 saturated carbocycles. The molecule has 0 aromatic heterocycles. The fourth-order valence-electron chi connectivity index (χ4n) is 2.94. The summed E-state index contributed by atoms with van der Waals surface area (Å²) in [5.74, 6) is -0.434. The molecule has 2 unspecified atom stereocenters. The second-order valence-corrected chi connectivity index (χ2v) is 6.24. The summed E-state index contributed by atoms with van der Waals surface area (Å²) < 4.78 is 0. The summed E-state index contributed by atoms with van der Waals surface area (Å²) in [6.07, 6.45) is 8.02. The maximum Gasteiger partial charge on any atom is 0.309 e. The molecular formula is C14H24O2. The van der Waals surface area contributed by atoms with Crippen LogP contribution in [0, 0.1) is 16.7 Å². The second kappa shape index (κ2) is 4.60. The van der Waals surface area contributed by atoms with Crippen LogP contribution in [0.4, 0.5) is 0 Å². The molecule has 0 heterocycles. The van der Waals surface area contributed by atoms with Gasteiger partial charge < -0.3 is 5.11 Å². The number of aliphatic carboxylic acids is 1. The van der Waals surface area contributed by atoms with E-state index in [9.17, 15) is 9.90 Å². The van der Waals surface area contributed by atoms with Gasteiger partial charge in [0, 0.05) is 0 Å². The minimum absolute atomic E-state index is 0.0365. The van der Waals surface area contributed by atoms with E-state index >= 15 is 0 Å². The van der Waals surface area contributed by atoms with Crippen molar-refractivity contribution in [3.8, 4) is 0 Å². The minimum Gasteiger partial charge on any atom is -0.481 e. The first kappa shape index (κ1) is 13.3. The standard InChI is InChI=1S/C14H24O2/c1-13(2,3)11-9-7-5-6-8-10-14(11,4)12(15)16/h5,7,11H,6,8-10H2,1-4H3,(H,15,16). The molecule has 0 saturated heterocycles. The molecule has 1 aliphatic carbocycles. The zero-order valence-electron chi connectivity index (χ0n) is 10.9. The molecule has 1 rings (SSSR count). The van der Waals surface area contributed by atoms with E-state index in [1.165, 1.54) is 0 Å². The predicted molar refractivity (Wildman–Crippen MR) is 66.3 cm³/mol. The van der Waals surface area contributed by atoms with Gasteiger partial charge in [-0.15, -0.1) is 0 Å². The number of rotatable bonds is 1. The van der Waals surface area contributed by atoms with Gasteiger partial charge in [-0.1, -0.05) is 32.9 Å². The van der Waals surface area contributed by atoms with Crippen LogP contribution < -0.4 is 0 Å². The van der Waals surface area contributed by atoms with E-state index in [4.69, 9.17) is 0 Å². The third kappa shape index (κ3) is 2.66. The Bertz CT molecular complexity index is 286. The van der Waals surface area contributed by atoms with E-state index in [2.05, 4.69) is 32.9 Å². The van der Waals surface area contributed by atoms with Crippen molar-refractivity contribution in [2.75, 3.05) is 0 Å². The molecule has 1 aliphatic rings.